The van der Waals surface area contributed by atoms with Gasteiger partial charge in [-0.05, 0) is 50.2 Å². The molecule has 1 aliphatic rings. The Morgan fingerprint density at radius 2 is 1.64 bits per heavy atom. The Labute approximate surface area is 148 Å². The molecule has 1 fully saturated rings. The van der Waals surface area contributed by atoms with Crippen LogP contribution in [-0.2, 0) is 16.0 Å². The van der Waals surface area contributed by atoms with Crippen LogP contribution >= 0.6 is 0 Å². The van der Waals surface area contributed by atoms with E-state index in [-0.39, 0.29) is 17.5 Å². The van der Waals surface area contributed by atoms with Crippen molar-refractivity contribution in [3.63, 3.8) is 0 Å². The first kappa shape index (κ1) is 17.5. The summed E-state index contributed by atoms with van der Waals surface area (Å²) in [6.07, 6.45) is 7.34. The van der Waals surface area contributed by atoms with Crippen LogP contribution in [0.15, 0.2) is 48.8 Å². The second-order valence-electron chi connectivity index (χ2n) is 6.89. The van der Waals surface area contributed by atoms with E-state index in [4.69, 9.17) is 0 Å². The molecular weight excluding hydrogens is 312 g/mol. The summed E-state index contributed by atoms with van der Waals surface area (Å²) in [6.45, 7) is 1.50. The lowest BCUT2D eigenvalue weighted by molar-refractivity contribution is -0.134. The second kappa shape index (κ2) is 8.15. The van der Waals surface area contributed by atoms with E-state index in [0.717, 1.165) is 25.7 Å². The molecule has 25 heavy (non-hydrogen) atoms. The molecule has 0 amide bonds. The van der Waals surface area contributed by atoms with Crippen LogP contribution < -0.4 is 0 Å². The molecule has 1 unspecified atom stereocenters. The van der Waals surface area contributed by atoms with Gasteiger partial charge in [-0.2, -0.15) is 0 Å². The molecule has 0 spiro atoms. The summed E-state index contributed by atoms with van der Waals surface area (Å²) >= 11 is 0. The molecule has 1 aromatic carbocycles. The van der Waals surface area contributed by atoms with Crippen molar-refractivity contribution in [2.24, 2.45) is 11.8 Å². The Balaban J connectivity index is 1.63. The molecule has 1 aliphatic carbocycles. The highest BCUT2D eigenvalue weighted by molar-refractivity contribution is 6.02. The highest BCUT2D eigenvalue weighted by atomic mass is 16.1. The summed E-state index contributed by atoms with van der Waals surface area (Å²) in [7, 11) is 0. The maximum atomic E-state index is 12.9. The largest absolute Gasteiger partial charge is 0.299 e. The fraction of sp³-hybridized carbons (Fsp3) is 0.429. The number of hydrogen-bond donors (Lipinski definition) is 0. The molecule has 4 nitrogen and oxygen atoms in total. The molecule has 1 heterocycles. The molecular formula is C21H24N2O2. The third kappa shape index (κ3) is 4.38. The minimum Gasteiger partial charge on any atom is -0.299 e. The highest BCUT2D eigenvalue weighted by Crippen LogP contribution is 2.37. The number of benzene rings is 1. The summed E-state index contributed by atoms with van der Waals surface area (Å²) in [5.74, 6) is 0.458. The second-order valence-corrected chi connectivity index (χ2v) is 6.89. The fourth-order valence-corrected chi connectivity index (χ4v) is 3.78. The van der Waals surface area contributed by atoms with Crippen LogP contribution in [0, 0.1) is 11.8 Å². The summed E-state index contributed by atoms with van der Waals surface area (Å²) < 4.78 is 0. The lowest BCUT2D eigenvalue weighted by Crippen LogP contribution is -2.32. The van der Waals surface area contributed by atoms with Gasteiger partial charge in [0.1, 0.15) is 17.4 Å². The predicted octanol–water partition coefficient (Wildman–Crippen LogP) is 3.77. The van der Waals surface area contributed by atoms with Crippen molar-refractivity contribution in [2.75, 3.05) is 0 Å². The zero-order chi connectivity index (χ0) is 17.6. The number of aromatic nitrogens is 2. The summed E-state index contributed by atoms with van der Waals surface area (Å²) in [6, 6.07) is 12.2. The zero-order valence-corrected chi connectivity index (χ0v) is 14.6. The Kier molecular flexibility index (Phi) is 5.69. The van der Waals surface area contributed by atoms with Gasteiger partial charge in [0.25, 0.3) is 0 Å². The van der Waals surface area contributed by atoms with Crippen LogP contribution in [0.5, 0.6) is 0 Å². The van der Waals surface area contributed by atoms with Gasteiger partial charge in [-0.3, -0.25) is 9.59 Å². The first-order valence-corrected chi connectivity index (χ1v) is 9.00. The average molecular weight is 336 g/mol. The maximum Gasteiger partial charge on any atom is 0.146 e. The summed E-state index contributed by atoms with van der Waals surface area (Å²) in [5, 5.41) is 0. The number of carbonyl (C=O) groups is 2. The van der Waals surface area contributed by atoms with Crippen molar-refractivity contribution in [1.29, 1.82) is 0 Å². The fourth-order valence-electron chi connectivity index (χ4n) is 3.78. The Morgan fingerprint density at radius 1 is 1.00 bits per heavy atom. The van der Waals surface area contributed by atoms with E-state index in [2.05, 4.69) is 34.2 Å². The SMILES string of the molecule is CC(=O)C(Cc1ncccn1)C(=O)C1CCC(c2ccccc2)CC1. The first-order valence-electron chi connectivity index (χ1n) is 9.00. The van der Waals surface area contributed by atoms with E-state index in [1.54, 1.807) is 18.5 Å². The lowest BCUT2D eigenvalue weighted by atomic mass is 9.74. The minimum atomic E-state index is -0.610. The zero-order valence-electron chi connectivity index (χ0n) is 14.6. The van der Waals surface area contributed by atoms with E-state index in [1.807, 2.05) is 6.07 Å². The van der Waals surface area contributed by atoms with Gasteiger partial charge in [0.2, 0.25) is 0 Å². The van der Waals surface area contributed by atoms with Crippen molar-refractivity contribution in [3.05, 3.63) is 60.2 Å². The average Bonchev–Trinajstić information content (AvgIpc) is 2.67. The van der Waals surface area contributed by atoms with Gasteiger partial charge in [-0.25, -0.2) is 9.97 Å². The maximum absolute atomic E-state index is 12.9. The monoisotopic (exact) mass is 336 g/mol. The summed E-state index contributed by atoms with van der Waals surface area (Å²) in [5.41, 5.74) is 1.36. The van der Waals surface area contributed by atoms with Crippen LogP contribution in [0.3, 0.4) is 0 Å². The minimum absolute atomic E-state index is 0.0161. The third-order valence-electron chi connectivity index (χ3n) is 5.24. The molecule has 0 saturated heterocycles. The quantitative estimate of drug-likeness (QED) is 0.754. The Morgan fingerprint density at radius 3 is 2.24 bits per heavy atom. The van der Waals surface area contributed by atoms with Crippen molar-refractivity contribution < 1.29 is 9.59 Å². The molecule has 1 aromatic heterocycles. The van der Waals surface area contributed by atoms with Gasteiger partial charge in [-0.1, -0.05) is 30.3 Å². The van der Waals surface area contributed by atoms with Gasteiger partial charge < -0.3 is 0 Å². The van der Waals surface area contributed by atoms with E-state index in [1.165, 1.54) is 12.5 Å². The topological polar surface area (TPSA) is 59.9 Å². The van der Waals surface area contributed by atoms with E-state index < -0.39 is 5.92 Å². The number of rotatable bonds is 6. The van der Waals surface area contributed by atoms with Gasteiger partial charge >= 0.3 is 0 Å². The van der Waals surface area contributed by atoms with Crippen molar-refractivity contribution in [3.8, 4) is 0 Å². The number of hydrogen-bond acceptors (Lipinski definition) is 4. The molecule has 2 aromatic rings. The van der Waals surface area contributed by atoms with E-state index in [9.17, 15) is 9.59 Å². The molecule has 4 heteroatoms. The van der Waals surface area contributed by atoms with Crippen LogP contribution in [0.4, 0.5) is 0 Å². The summed E-state index contributed by atoms with van der Waals surface area (Å²) in [4.78, 5) is 33.3. The third-order valence-corrected chi connectivity index (χ3v) is 5.24. The van der Waals surface area contributed by atoms with E-state index >= 15 is 0 Å². The lowest BCUT2D eigenvalue weighted by Gasteiger charge is -2.29. The van der Waals surface area contributed by atoms with Crippen LogP contribution in [-0.4, -0.2) is 21.5 Å². The molecule has 3 rings (SSSR count). The Hall–Kier alpha value is -2.36. The van der Waals surface area contributed by atoms with Crippen LogP contribution in [0.2, 0.25) is 0 Å². The number of nitrogens with zero attached hydrogens (tertiary/aromatic N) is 2. The molecule has 130 valence electrons. The first-order chi connectivity index (χ1) is 12.1. The van der Waals surface area contributed by atoms with Gasteiger partial charge in [-0.15, -0.1) is 0 Å². The number of ketones is 2. The standard InChI is InChI=1S/C21H24N2O2/c1-15(24)19(14-20-22-12-5-13-23-20)21(25)18-10-8-17(9-11-18)16-6-3-2-4-7-16/h2-7,12-13,17-19H,8-11,14H2,1H3. The van der Waals surface area contributed by atoms with Gasteiger partial charge in [0.05, 0.1) is 5.92 Å². The molecule has 1 atom stereocenters. The normalized spacial score (nSPS) is 21.5. The number of Topliss-reactive ketones (excluding diaryl/α,β-unsaturated/α-hetero) is 2. The predicted molar refractivity (Wildman–Crippen MR) is 96.1 cm³/mol. The van der Waals surface area contributed by atoms with Crippen molar-refractivity contribution in [2.45, 2.75) is 44.9 Å². The van der Waals surface area contributed by atoms with Crippen LogP contribution in [0.25, 0.3) is 0 Å². The molecule has 0 radical (unpaired) electrons. The molecule has 1 saturated carbocycles. The van der Waals surface area contributed by atoms with Crippen LogP contribution in [0.1, 0.15) is 49.9 Å². The van der Waals surface area contributed by atoms with Gasteiger partial charge in [0.15, 0.2) is 0 Å². The molecule has 0 bridgehead atoms. The molecule has 0 aliphatic heterocycles. The van der Waals surface area contributed by atoms with Gasteiger partial charge in [0, 0.05) is 24.7 Å². The van der Waals surface area contributed by atoms with E-state index in [0.29, 0.717) is 18.2 Å². The Bertz CT molecular complexity index is 707. The number of carbonyl (C=O) groups excluding carboxylic acids is 2. The van der Waals surface area contributed by atoms with Crippen molar-refractivity contribution >= 4 is 11.6 Å². The highest BCUT2D eigenvalue weighted by Gasteiger charge is 2.33. The molecule has 0 N–H and O–H groups in total. The van der Waals surface area contributed by atoms with Crippen molar-refractivity contribution in [1.82, 2.24) is 9.97 Å². The smallest absolute Gasteiger partial charge is 0.146 e.